The van der Waals surface area contributed by atoms with Crippen LogP contribution in [0, 0.1) is 6.92 Å². The molecule has 0 spiro atoms. The molecule has 0 amide bonds. The van der Waals surface area contributed by atoms with Crippen molar-refractivity contribution in [2.75, 3.05) is 13.2 Å². The first kappa shape index (κ1) is 21.8. The zero-order valence-corrected chi connectivity index (χ0v) is 19.6. The largest absolute Gasteiger partial charge is 0.462 e. The van der Waals surface area contributed by atoms with Gasteiger partial charge in [-0.2, -0.15) is 11.3 Å². The second-order valence-electron chi connectivity index (χ2n) is 7.72. The number of hydrogen-bond donors (Lipinski definition) is 0. The number of benzene rings is 2. The monoisotopic (exact) mass is 449 g/mol. The Labute approximate surface area is 191 Å². The van der Waals surface area contributed by atoms with Crippen molar-refractivity contribution in [1.29, 1.82) is 0 Å². The zero-order chi connectivity index (χ0) is 21.6. The second kappa shape index (κ2) is 10.2. The van der Waals surface area contributed by atoms with Crippen molar-refractivity contribution in [3.8, 4) is 0 Å². The van der Waals surface area contributed by atoms with Crippen LogP contribution in [0.1, 0.15) is 38.8 Å². The summed E-state index contributed by atoms with van der Waals surface area (Å²) in [6.45, 7) is 7.19. The first-order chi connectivity index (χ1) is 15.1. The maximum Gasteiger partial charge on any atom is 0.339 e. The number of rotatable bonds is 4. The lowest BCUT2D eigenvalue weighted by Gasteiger charge is -2.27. The van der Waals surface area contributed by atoms with E-state index < -0.39 is 0 Å². The average Bonchev–Trinajstić information content (AvgIpc) is 3.43. The van der Waals surface area contributed by atoms with E-state index in [1.165, 1.54) is 32.3 Å². The van der Waals surface area contributed by atoms with E-state index in [0.717, 1.165) is 31.6 Å². The van der Waals surface area contributed by atoms with E-state index in [1.807, 2.05) is 12.3 Å². The fraction of sp³-hybridized carbons (Fsp3) is 0.269. The van der Waals surface area contributed by atoms with E-state index in [-0.39, 0.29) is 5.97 Å². The molecular formula is C26H27NO2S2. The predicted octanol–water partition coefficient (Wildman–Crippen LogP) is 6.69. The van der Waals surface area contributed by atoms with Crippen LogP contribution in [0.5, 0.6) is 0 Å². The summed E-state index contributed by atoms with van der Waals surface area (Å²) in [5.74, 6) is -0.183. The van der Waals surface area contributed by atoms with Crippen LogP contribution in [-0.4, -0.2) is 24.0 Å². The van der Waals surface area contributed by atoms with Gasteiger partial charge in [0.15, 0.2) is 0 Å². The third-order valence-electron chi connectivity index (χ3n) is 5.43. The lowest BCUT2D eigenvalue weighted by molar-refractivity contribution is 0.0524. The summed E-state index contributed by atoms with van der Waals surface area (Å²) in [4.78, 5) is 15.8. The number of carbonyl (C=O) groups is 1. The van der Waals surface area contributed by atoms with Gasteiger partial charge in [-0.25, -0.2) is 4.79 Å². The van der Waals surface area contributed by atoms with Gasteiger partial charge in [0.25, 0.3) is 0 Å². The smallest absolute Gasteiger partial charge is 0.339 e. The molecule has 0 N–H and O–H groups in total. The van der Waals surface area contributed by atoms with Crippen LogP contribution in [0.15, 0.2) is 64.7 Å². The van der Waals surface area contributed by atoms with Crippen LogP contribution < -0.4 is 0 Å². The lowest BCUT2D eigenvalue weighted by Crippen LogP contribution is -2.30. The molecule has 0 unspecified atom stereocenters. The van der Waals surface area contributed by atoms with Gasteiger partial charge >= 0.3 is 5.97 Å². The van der Waals surface area contributed by atoms with Gasteiger partial charge < -0.3 is 4.74 Å². The number of hydrogen-bond acceptors (Lipinski definition) is 5. The van der Waals surface area contributed by atoms with Crippen molar-refractivity contribution in [2.45, 2.75) is 33.4 Å². The van der Waals surface area contributed by atoms with E-state index in [9.17, 15) is 4.79 Å². The highest BCUT2D eigenvalue weighted by Gasteiger charge is 2.24. The van der Waals surface area contributed by atoms with Crippen LogP contribution >= 0.6 is 22.7 Å². The third kappa shape index (κ3) is 5.42. The lowest BCUT2D eigenvalue weighted by atomic mass is 10.0. The Morgan fingerprint density at radius 3 is 2.42 bits per heavy atom. The Hall–Kier alpha value is -2.47. The maximum absolute atomic E-state index is 12.0. The van der Waals surface area contributed by atoms with Crippen LogP contribution in [0.4, 0.5) is 0 Å². The Kier molecular flexibility index (Phi) is 7.17. The summed E-state index contributed by atoms with van der Waals surface area (Å²) in [5, 5.41) is 8.98. The van der Waals surface area contributed by atoms with Crippen LogP contribution in [0.25, 0.3) is 10.8 Å². The number of fused-ring (bicyclic) bond motifs is 2. The Balaban J connectivity index is 0.000000212. The number of esters is 1. The fourth-order valence-corrected chi connectivity index (χ4v) is 5.56. The highest BCUT2D eigenvalue weighted by Crippen LogP contribution is 2.30. The van der Waals surface area contributed by atoms with Crippen LogP contribution in [0.3, 0.4) is 0 Å². The van der Waals surface area contributed by atoms with Crippen LogP contribution in [0.2, 0.25) is 0 Å². The van der Waals surface area contributed by atoms with Crippen molar-refractivity contribution >= 4 is 39.4 Å². The van der Waals surface area contributed by atoms with E-state index >= 15 is 0 Å². The molecule has 4 aromatic rings. The molecule has 0 atom stereocenters. The molecule has 31 heavy (non-hydrogen) atoms. The fourth-order valence-electron chi connectivity index (χ4n) is 3.74. The normalized spacial score (nSPS) is 13.4. The van der Waals surface area contributed by atoms with Gasteiger partial charge in [-0.05, 0) is 52.9 Å². The van der Waals surface area contributed by atoms with Gasteiger partial charge in [0.1, 0.15) is 0 Å². The first-order valence-corrected chi connectivity index (χ1v) is 12.4. The molecule has 0 aliphatic carbocycles. The second-order valence-corrected chi connectivity index (χ2v) is 9.43. The molecule has 3 nitrogen and oxygen atoms in total. The molecule has 1 aliphatic heterocycles. The summed E-state index contributed by atoms with van der Waals surface area (Å²) in [7, 11) is 0. The van der Waals surface area contributed by atoms with Crippen molar-refractivity contribution in [1.82, 2.24) is 4.90 Å². The topological polar surface area (TPSA) is 29.5 Å². The third-order valence-corrected chi connectivity index (χ3v) is 7.29. The summed E-state index contributed by atoms with van der Waals surface area (Å²) in [6.07, 6.45) is 1.02. The molecule has 2 aromatic carbocycles. The minimum atomic E-state index is -0.183. The molecule has 160 valence electrons. The van der Waals surface area contributed by atoms with E-state index in [0.29, 0.717) is 6.61 Å². The summed E-state index contributed by atoms with van der Waals surface area (Å²) in [6, 6.07) is 17.1. The van der Waals surface area contributed by atoms with E-state index in [1.54, 1.807) is 22.7 Å². The molecule has 0 fully saturated rings. The Bertz CT molecular complexity index is 1110. The molecule has 3 heterocycles. The standard InChI is InChI=1S/C18H21NO2S.C8H6S/c1-3-21-18(20)16-12-22-17-8-9-19(11-15(16)17)10-14-6-4-13(2)5-7-14;1-2-4-8-6-9-5-7(8)3-1/h4-7,12H,3,8-11H2,1-2H3;1-6H. The molecule has 0 saturated heterocycles. The summed E-state index contributed by atoms with van der Waals surface area (Å²) >= 11 is 3.44. The zero-order valence-electron chi connectivity index (χ0n) is 18.0. The van der Waals surface area contributed by atoms with Crippen molar-refractivity contribution < 1.29 is 9.53 Å². The average molecular weight is 450 g/mol. The summed E-state index contributed by atoms with van der Waals surface area (Å²) < 4.78 is 5.17. The van der Waals surface area contributed by atoms with Crippen molar-refractivity contribution in [3.05, 3.63) is 91.8 Å². The SMILES string of the molecule is CCOC(=O)c1csc2c1CN(Cc1ccc(C)cc1)CC2.c1ccc2cscc2c1. The summed E-state index contributed by atoms with van der Waals surface area (Å²) in [5.41, 5.74) is 4.53. The maximum atomic E-state index is 12.0. The molecule has 0 saturated carbocycles. The molecule has 1 aliphatic rings. The number of thiophene rings is 2. The number of aryl methyl sites for hydroxylation is 1. The minimum absolute atomic E-state index is 0.183. The van der Waals surface area contributed by atoms with Crippen LogP contribution in [-0.2, 0) is 24.2 Å². The molecule has 5 rings (SSSR count). The van der Waals surface area contributed by atoms with Gasteiger partial charge in [0.2, 0.25) is 0 Å². The Morgan fingerprint density at radius 1 is 1.03 bits per heavy atom. The van der Waals surface area contributed by atoms with Gasteiger partial charge in [0.05, 0.1) is 12.2 Å². The van der Waals surface area contributed by atoms with Crippen molar-refractivity contribution in [3.63, 3.8) is 0 Å². The molecule has 2 aromatic heterocycles. The van der Waals surface area contributed by atoms with Gasteiger partial charge in [-0.15, -0.1) is 11.3 Å². The number of nitrogens with zero attached hydrogens (tertiary/aromatic N) is 1. The van der Waals surface area contributed by atoms with Gasteiger partial charge in [0, 0.05) is 29.9 Å². The van der Waals surface area contributed by atoms with Gasteiger partial charge in [-0.3, -0.25) is 4.90 Å². The molecule has 0 radical (unpaired) electrons. The minimum Gasteiger partial charge on any atom is -0.462 e. The van der Waals surface area contributed by atoms with E-state index in [2.05, 4.69) is 71.1 Å². The number of ether oxygens (including phenoxy) is 1. The molecular weight excluding hydrogens is 422 g/mol. The van der Waals surface area contributed by atoms with E-state index in [4.69, 9.17) is 4.74 Å². The predicted molar refractivity (Wildman–Crippen MR) is 131 cm³/mol. The quantitative estimate of drug-likeness (QED) is 0.325. The highest BCUT2D eigenvalue weighted by molar-refractivity contribution is 7.10. The van der Waals surface area contributed by atoms with Crippen molar-refractivity contribution in [2.24, 2.45) is 0 Å². The number of carbonyl (C=O) groups excluding carboxylic acids is 1. The first-order valence-electron chi connectivity index (χ1n) is 10.6. The molecule has 0 bridgehead atoms. The van der Waals surface area contributed by atoms with Gasteiger partial charge in [-0.1, -0.05) is 54.1 Å². The molecule has 5 heteroatoms. The Morgan fingerprint density at radius 2 is 1.74 bits per heavy atom. The highest BCUT2D eigenvalue weighted by atomic mass is 32.1.